The molecule has 0 spiro atoms. The second-order valence-corrected chi connectivity index (χ2v) is 13.4. The van der Waals surface area contributed by atoms with Crippen LogP contribution in [0.3, 0.4) is 0 Å². The number of hydrogen-bond acceptors (Lipinski definition) is 6. The first-order valence-electron chi connectivity index (χ1n) is 12.1. The Labute approximate surface area is 227 Å². The number of nitrogens with one attached hydrogen (secondary N) is 1. The van der Waals surface area contributed by atoms with Crippen molar-refractivity contribution in [3.05, 3.63) is 114 Å². The molecule has 1 atom stereocenters. The average molecular weight is 563 g/mol. The average Bonchev–Trinajstić information content (AvgIpc) is 3.31. The molecule has 2 N–H and O–H groups in total. The number of amides is 2. The minimum Gasteiger partial charge on any atom is -0.392 e. The summed E-state index contributed by atoms with van der Waals surface area (Å²) in [6, 6.07) is 27.5. The molecule has 0 bridgehead atoms. The normalized spacial score (nSPS) is 17.7. The summed E-state index contributed by atoms with van der Waals surface area (Å²) >= 11 is 0. The number of sulfone groups is 2. The highest BCUT2D eigenvalue weighted by atomic mass is 32.2. The number of carbonyl (C=O) groups is 1. The molecule has 1 saturated heterocycles. The molecule has 4 aromatic rings. The first kappa shape index (κ1) is 26.6. The Bertz CT molecular complexity index is 1740. The van der Waals surface area contributed by atoms with E-state index in [1.54, 1.807) is 84.9 Å². The number of urea groups is 1. The number of aliphatic hydroxyl groups excluding tert-OH is 1. The number of anilines is 1. The van der Waals surface area contributed by atoms with Crippen molar-refractivity contribution >= 4 is 31.4 Å². The van der Waals surface area contributed by atoms with Crippen LogP contribution in [0.25, 0.3) is 11.1 Å². The zero-order chi connectivity index (χ0) is 27.8. The van der Waals surface area contributed by atoms with E-state index in [9.17, 15) is 26.7 Å². The zero-order valence-electron chi connectivity index (χ0n) is 21.0. The molecule has 1 aliphatic heterocycles. The Balaban J connectivity index is 1.69. The molecule has 1 heterocycles. The third-order valence-corrected chi connectivity index (χ3v) is 10.4. The molecule has 0 radical (unpaired) electrons. The maximum Gasteiger partial charge on any atom is 0.323 e. The van der Waals surface area contributed by atoms with E-state index in [0.717, 1.165) is 6.26 Å². The summed E-state index contributed by atoms with van der Waals surface area (Å²) in [5.74, 6) is 0. The van der Waals surface area contributed by atoms with Gasteiger partial charge in [-0.1, -0.05) is 72.8 Å². The summed E-state index contributed by atoms with van der Waals surface area (Å²) in [7, 11) is -7.75. The van der Waals surface area contributed by atoms with Crippen molar-refractivity contribution in [2.24, 2.45) is 0 Å². The number of nitrogens with zero attached hydrogens (tertiary/aromatic N) is 1. The minimum absolute atomic E-state index is 0.0237. The summed E-state index contributed by atoms with van der Waals surface area (Å²) in [5, 5.41) is 12.3. The molecule has 200 valence electrons. The second-order valence-electron chi connectivity index (χ2n) is 9.26. The quantitative estimate of drug-likeness (QED) is 0.350. The molecule has 2 amide bonds. The van der Waals surface area contributed by atoms with Gasteiger partial charge in [-0.15, -0.1) is 0 Å². The van der Waals surface area contributed by atoms with Crippen molar-refractivity contribution in [3.8, 4) is 11.1 Å². The standard InChI is InChI=1S/C29H26N2O6S2/c1-38(34,35)27-18-22(12-13-23(27)19-32)21-14-16-24(17-15-21)29(39(36,37)26-10-6-3-7-11-26)20-30-28(33)31(29)25-8-4-2-5-9-25/h2-18,32H,19-20H2,1H3,(H,30,33). The second kappa shape index (κ2) is 9.96. The fourth-order valence-electron chi connectivity index (χ4n) is 4.95. The van der Waals surface area contributed by atoms with Gasteiger partial charge in [0.2, 0.25) is 9.84 Å². The van der Waals surface area contributed by atoms with E-state index in [0.29, 0.717) is 27.9 Å². The lowest BCUT2D eigenvalue weighted by atomic mass is 9.99. The highest BCUT2D eigenvalue weighted by molar-refractivity contribution is 7.92. The third kappa shape index (κ3) is 4.50. The Morgan fingerprint density at radius 1 is 0.821 bits per heavy atom. The lowest BCUT2D eigenvalue weighted by Gasteiger charge is -2.37. The molecule has 39 heavy (non-hydrogen) atoms. The minimum atomic E-state index is -4.16. The lowest BCUT2D eigenvalue weighted by Crippen LogP contribution is -2.51. The van der Waals surface area contributed by atoms with Gasteiger partial charge < -0.3 is 10.4 Å². The van der Waals surface area contributed by atoms with Crippen LogP contribution in [-0.2, 0) is 31.2 Å². The highest BCUT2D eigenvalue weighted by Gasteiger charge is 2.57. The zero-order valence-corrected chi connectivity index (χ0v) is 22.6. The van der Waals surface area contributed by atoms with Gasteiger partial charge in [-0.05, 0) is 52.6 Å². The van der Waals surface area contributed by atoms with E-state index >= 15 is 0 Å². The summed E-state index contributed by atoms with van der Waals surface area (Å²) in [6.07, 6.45) is 1.08. The smallest absolute Gasteiger partial charge is 0.323 e. The van der Waals surface area contributed by atoms with Crippen molar-refractivity contribution in [1.29, 1.82) is 0 Å². The highest BCUT2D eigenvalue weighted by Crippen LogP contribution is 2.44. The van der Waals surface area contributed by atoms with Gasteiger partial charge >= 0.3 is 6.03 Å². The van der Waals surface area contributed by atoms with Crippen molar-refractivity contribution < 1.29 is 26.7 Å². The summed E-state index contributed by atoms with van der Waals surface area (Å²) < 4.78 is 53.3. The maximum atomic E-state index is 14.3. The Morgan fingerprint density at radius 2 is 1.41 bits per heavy atom. The van der Waals surface area contributed by atoms with Gasteiger partial charge in [0.05, 0.1) is 22.9 Å². The molecular formula is C29H26N2O6S2. The fraction of sp³-hybridized carbons (Fsp3) is 0.138. The van der Waals surface area contributed by atoms with Crippen LogP contribution in [0.1, 0.15) is 11.1 Å². The van der Waals surface area contributed by atoms with Gasteiger partial charge in [0.15, 0.2) is 14.7 Å². The first-order chi connectivity index (χ1) is 18.6. The number of rotatable bonds is 7. The van der Waals surface area contributed by atoms with Crippen LogP contribution >= 0.6 is 0 Å². The van der Waals surface area contributed by atoms with Gasteiger partial charge in [0, 0.05) is 11.9 Å². The summed E-state index contributed by atoms with van der Waals surface area (Å²) in [6.45, 7) is -0.599. The van der Waals surface area contributed by atoms with Gasteiger partial charge in [0.25, 0.3) is 0 Å². The molecule has 0 aliphatic carbocycles. The predicted molar refractivity (Wildman–Crippen MR) is 149 cm³/mol. The number of hydrogen-bond donors (Lipinski definition) is 2. The maximum absolute atomic E-state index is 14.3. The summed E-state index contributed by atoms with van der Waals surface area (Å²) in [5.41, 5.74) is 2.31. The van der Waals surface area contributed by atoms with Gasteiger partial charge in [0.1, 0.15) is 0 Å². The molecule has 5 rings (SSSR count). The van der Waals surface area contributed by atoms with Crippen LogP contribution in [0.2, 0.25) is 0 Å². The molecule has 10 heteroatoms. The van der Waals surface area contributed by atoms with E-state index in [-0.39, 0.29) is 16.3 Å². The summed E-state index contributed by atoms with van der Waals surface area (Å²) in [4.78, 5) is 12.8. The van der Waals surface area contributed by atoms with Crippen LogP contribution in [0.5, 0.6) is 0 Å². The van der Waals surface area contributed by atoms with Gasteiger partial charge in [-0.2, -0.15) is 0 Å². The molecule has 1 aliphatic rings. The largest absolute Gasteiger partial charge is 0.392 e. The van der Waals surface area contributed by atoms with E-state index in [4.69, 9.17) is 0 Å². The van der Waals surface area contributed by atoms with Crippen LogP contribution in [0.4, 0.5) is 10.5 Å². The molecular weight excluding hydrogens is 536 g/mol. The van der Waals surface area contributed by atoms with Crippen molar-refractivity contribution in [2.45, 2.75) is 21.3 Å². The lowest BCUT2D eigenvalue weighted by molar-refractivity contribution is 0.251. The Hall–Kier alpha value is -3.99. The van der Waals surface area contributed by atoms with Crippen LogP contribution in [0, 0.1) is 0 Å². The van der Waals surface area contributed by atoms with E-state index in [2.05, 4.69) is 5.32 Å². The molecule has 4 aromatic carbocycles. The molecule has 0 saturated carbocycles. The number of aliphatic hydroxyl groups is 1. The molecule has 0 aromatic heterocycles. The van der Waals surface area contributed by atoms with Crippen molar-refractivity contribution in [2.75, 3.05) is 17.7 Å². The third-order valence-electron chi connectivity index (χ3n) is 6.86. The monoisotopic (exact) mass is 562 g/mol. The van der Waals surface area contributed by atoms with Crippen LogP contribution in [-0.4, -0.2) is 40.8 Å². The van der Waals surface area contributed by atoms with E-state index in [1.165, 1.54) is 23.1 Å². The van der Waals surface area contributed by atoms with Crippen molar-refractivity contribution in [3.63, 3.8) is 0 Å². The van der Waals surface area contributed by atoms with Gasteiger partial charge in [-0.3, -0.25) is 4.90 Å². The van der Waals surface area contributed by atoms with E-state index < -0.39 is 37.2 Å². The topological polar surface area (TPSA) is 121 Å². The van der Waals surface area contributed by atoms with Gasteiger partial charge in [-0.25, -0.2) is 21.6 Å². The fourth-order valence-corrected chi connectivity index (χ4v) is 7.94. The number of para-hydroxylation sites is 1. The number of benzene rings is 4. The van der Waals surface area contributed by atoms with E-state index in [1.807, 2.05) is 0 Å². The number of carbonyl (C=O) groups excluding carboxylic acids is 1. The molecule has 1 unspecified atom stereocenters. The predicted octanol–water partition coefficient (Wildman–Crippen LogP) is 4.11. The SMILES string of the molecule is CS(=O)(=O)c1cc(-c2ccc(C3(S(=O)(=O)c4ccccc4)CNC(=O)N3c3ccccc3)cc2)ccc1CO. The molecule has 1 fully saturated rings. The Morgan fingerprint density at radius 3 is 2.00 bits per heavy atom. The van der Waals surface area contributed by atoms with Crippen LogP contribution < -0.4 is 10.2 Å². The van der Waals surface area contributed by atoms with Crippen molar-refractivity contribution in [1.82, 2.24) is 5.32 Å². The molecule has 8 nitrogen and oxygen atoms in total. The van der Waals surface area contributed by atoms with Crippen LogP contribution in [0.15, 0.2) is 113 Å². The Kier molecular flexibility index (Phi) is 6.79. The first-order valence-corrected chi connectivity index (χ1v) is 15.4.